The Morgan fingerprint density at radius 1 is 1.26 bits per heavy atom. The van der Waals surface area contributed by atoms with Crippen LogP contribution in [0.25, 0.3) is 0 Å². The Morgan fingerprint density at radius 3 is 2.57 bits per heavy atom. The number of hydrogen-bond acceptors (Lipinski definition) is 4. The number of amides is 2. The predicted octanol–water partition coefficient (Wildman–Crippen LogP) is 1.39. The molecule has 1 N–H and O–H groups in total. The van der Waals surface area contributed by atoms with Gasteiger partial charge in [-0.3, -0.25) is 14.6 Å². The average molecular weight is 318 g/mol. The van der Waals surface area contributed by atoms with Crippen molar-refractivity contribution in [2.24, 2.45) is 0 Å². The molecule has 0 saturated carbocycles. The number of hydrogen-bond donors (Lipinski definition) is 1. The van der Waals surface area contributed by atoms with Crippen molar-refractivity contribution < 1.29 is 9.59 Å². The molecule has 1 atom stereocenters. The molecule has 0 aliphatic carbocycles. The van der Waals surface area contributed by atoms with E-state index in [2.05, 4.69) is 22.1 Å². The largest absolute Gasteiger partial charge is 0.350 e. The Labute approximate surface area is 137 Å². The van der Waals surface area contributed by atoms with Gasteiger partial charge < -0.3 is 15.1 Å². The summed E-state index contributed by atoms with van der Waals surface area (Å²) in [5.74, 6) is -0.259. The molecule has 0 spiro atoms. The van der Waals surface area contributed by atoms with Crippen LogP contribution >= 0.6 is 0 Å². The van der Waals surface area contributed by atoms with E-state index in [-0.39, 0.29) is 17.9 Å². The number of carbonyl (C=O) groups excluding carboxylic acids is 2. The van der Waals surface area contributed by atoms with Gasteiger partial charge >= 0.3 is 0 Å². The Bertz CT molecular complexity index is 553. The van der Waals surface area contributed by atoms with Gasteiger partial charge in [0, 0.05) is 44.0 Å². The maximum absolute atomic E-state index is 12.6. The van der Waals surface area contributed by atoms with E-state index < -0.39 is 0 Å². The second-order valence-corrected chi connectivity index (χ2v) is 5.94. The highest BCUT2D eigenvalue weighted by Gasteiger charge is 2.23. The molecule has 0 aromatic carbocycles. The molecule has 23 heavy (non-hydrogen) atoms. The third-order valence-corrected chi connectivity index (χ3v) is 4.34. The number of likely N-dealkylation sites (N-methyl/N-ethyl adjacent to an activating group) is 1. The molecule has 1 aliphatic rings. The van der Waals surface area contributed by atoms with Crippen molar-refractivity contribution in [1.82, 2.24) is 20.1 Å². The fourth-order valence-electron chi connectivity index (χ4n) is 2.53. The molecule has 2 amide bonds. The molecule has 1 aromatic heterocycles. The van der Waals surface area contributed by atoms with Gasteiger partial charge in [-0.05, 0) is 32.0 Å². The highest BCUT2D eigenvalue weighted by Crippen LogP contribution is 2.09. The highest BCUT2D eigenvalue weighted by atomic mass is 16.2. The van der Waals surface area contributed by atoms with Gasteiger partial charge in [-0.2, -0.15) is 0 Å². The van der Waals surface area contributed by atoms with Gasteiger partial charge in [0.25, 0.3) is 11.8 Å². The van der Waals surface area contributed by atoms with Gasteiger partial charge in [0.15, 0.2) is 0 Å². The zero-order valence-electron chi connectivity index (χ0n) is 14.2. The lowest BCUT2D eigenvalue weighted by molar-refractivity contribution is 0.0637. The first-order valence-corrected chi connectivity index (χ1v) is 8.33. The normalized spacial score (nSPS) is 16.9. The van der Waals surface area contributed by atoms with Crippen LogP contribution in [-0.4, -0.2) is 65.4 Å². The number of aromatic nitrogens is 1. The van der Waals surface area contributed by atoms with Crippen LogP contribution in [0.15, 0.2) is 18.3 Å². The van der Waals surface area contributed by atoms with Crippen LogP contribution < -0.4 is 5.32 Å². The molecule has 1 aliphatic heterocycles. The number of nitrogens with zero attached hydrogens (tertiary/aromatic N) is 3. The molecule has 0 bridgehead atoms. The maximum Gasteiger partial charge on any atom is 0.272 e. The van der Waals surface area contributed by atoms with Gasteiger partial charge in [0.2, 0.25) is 0 Å². The minimum atomic E-state index is -0.161. The summed E-state index contributed by atoms with van der Waals surface area (Å²) in [4.78, 5) is 33.0. The minimum absolute atomic E-state index is 0.0982. The van der Waals surface area contributed by atoms with E-state index in [1.807, 2.05) is 18.7 Å². The number of pyridine rings is 1. The minimum Gasteiger partial charge on any atom is -0.350 e. The summed E-state index contributed by atoms with van der Waals surface area (Å²) in [6.07, 6.45) is 2.39. The van der Waals surface area contributed by atoms with Crippen LogP contribution in [0.3, 0.4) is 0 Å². The molecule has 2 rings (SSSR count). The molecule has 2 heterocycles. The molecule has 0 radical (unpaired) electrons. The summed E-state index contributed by atoms with van der Waals surface area (Å²) in [6, 6.07) is 3.34. The molecule has 1 unspecified atom stereocenters. The second kappa shape index (κ2) is 8.06. The quantitative estimate of drug-likeness (QED) is 0.891. The molecular weight excluding hydrogens is 292 g/mol. The van der Waals surface area contributed by atoms with Crippen molar-refractivity contribution in [3.05, 3.63) is 29.6 Å². The molecule has 6 nitrogen and oxygen atoms in total. The SMILES string of the molecule is CCC(C)NC(=O)c1ccnc(C(=O)N2CCN(CC)CC2)c1. The van der Waals surface area contributed by atoms with E-state index in [1.165, 1.54) is 6.20 Å². The number of nitrogens with one attached hydrogen (secondary N) is 1. The third kappa shape index (κ3) is 4.51. The van der Waals surface area contributed by atoms with Crippen molar-refractivity contribution >= 4 is 11.8 Å². The molecule has 1 fully saturated rings. The van der Waals surface area contributed by atoms with Crippen molar-refractivity contribution in [1.29, 1.82) is 0 Å². The van der Waals surface area contributed by atoms with Crippen molar-refractivity contribution in [2.45, 2.75) is 33.2 Å². The summed E-state index contributed by atoms with van der Waals surface area (Å²) >= 11 is 0. The predicted molar refractivity (Wildman–Crippen MR) is 89.5 cm³/mol. The highest BCUT2D eigenvalue weighted by molar-refractivity contribution is 5.98. The van der Waals surface area contributed by atoms with Crippen LogP contribution in [0, 0.1) is 0 Å². The van der Waals surface area contributed by atoms with Crippen molar-refractivity contribution in [3.63, 3.8) is 0 Å². The molecule has 1 saturated heterocycles. The summed E-state index contributed by atoms with van der Waals surface area (Å²) < 4.78 is 0. The second-order valence-electron chi connectivity index (χ2n) is 5.94. The van der Waals surface area contributed by atoms with Crippen LogP contribution in [0.4, 0.5) is 0 Å². The first-order valence-electron chi connectivity index (χ1n) is 8.33. The summed E-state index contributed by atoms with van der Waals surface area (Å²) in [7, 11) is 0. The first kappa shape index (κ1) is 17.4. The number of piperazine rings is 1. The van der Waals surface area contributed by atoms with Crippen LogP contribution in [0.2, 0.25) is 0 Å². The van der Waals surface area contributed by atoms with E-state index in [4.69, 9.17) is 0 Å². The fourth-order valence-corrected chi connectivity index (χ4v) is 2.53. The van der Waals surface area contributed by atoms with E-state index in [0.29, 0.717) is 24.3 Å². The Morgan fingerprint density at radius 2 is 1.96 bits per heavy atom. The van der Waals surface area contributed by atoms with Crippen LogP contribution in [0.1, 0.15) is 48.0 Å². The smallest absolute Gasteiger partial charge is 0.272 e. The van der Waals surface area contributed by atoms with Gasteiger partial charge in [0.05, 0.1) is 0 Å². The molecule has 6 heteroatoms. The molecular formula is C17H26N4O2. The fraction of sp³-hybridized carbons (Fsp3) is 0.588. The Balaban J connectivity index is 2.04. The van der Waals surface area contributed by atoms with Gasteiger partial charge in [0.1, 0.15) is 5.69 Å². The summed E-state index contributed by atoms with van der Waals surface area (Å²) in [5, 5.41) is 2.91. The van der Waals surface area contributed by atoms with Gasteiger partial charge in [-0.15, -0.1) is 0 Å². The number of rotatable bonds is 5. The van der Waals surface area contributed by atoms with Crippen LogP contribution in [0.5, 0.6) is 0 Å². The third-order valence-electron chi connectivity index (χ3n) is 4.34. The zero-order chi connectivity index (χ0) is 16.8. The molecule has 126 valence electrons. The zero-order valence-corrected chi connectivity index (χ0v) is 14.2. The van der Waals surface area contributed by atoms with E-state index in [0.717, 1.165) is 26.1 Å². The lowest BCUT2D eigenvalue weighted by Gasteiger charge is -2.33. The van der Waals surface area contributed by atoms with Gasteiger partial charge in [-0.25, -0.2) is 0 Å². The van der Waals surface area contributed by atoms with E-state index in [1.54, 1.807) is 12.1 Å². The summed E-state index contributed by atoms with van der Waals surface area (Å²) in [5.41, 5.74) is 0.822. The van der Waals surface area contributed by atoms with Crippen LogP contribution in [-0.2, 0) is 0 Å². The Kier molecular flexibility index (Phi) is 6.10. The topological polar surface area (TPSA) is 65.5 Å². The monoisotopic (exact) mass is 318 g/mol. The standard InChI is InChI=1S/C17H26N4O2/c1-4-13(3)19-16(22)14-6-7-18-15(12-14)17(23)21-10-8-20(5-2)9-11-21/h6-7,12-13H,4-5,8-11H2,1-3H3,(H,19,22). The lowest BCUT2D eigenvalue weighted by Crippen LogP contribution is -2.48. The van der Waals surface area contributed by atoms with Crippen molar-refractivity contribution in [2.75, 3.05) is 32.7 Å². The lowest BCUT2D eigenvalue weighted by atomic mass is 10.1. The first-order chi connectivity index (χ1) is 11.0. The number of carbonyl (C=O) groups is 2. The van der Waals surface area contributed by atoms with E-state index in [9.17, 15) is 9.59 Å². The summed E-state index contributed by atoms with van der Waals surface area (Å²) in [6.45, 7) is 10.3. The Hall–Kier alpha value is -1.95. The van der Waals surface area contributed by atoms with Crippen molar-refractivity contribution in [3.8, 4) is 0 Å². The maximum atomic E-state index is 12.6. The van der Waals surface area contributed by atoms with Gasteiger partial charge in [-0.1, -0.05) is 13.8 Å². The van der Waals surface area contributed by atoms with E-state index >= 15 is 0 Å². The average Bonchev–Trinajstić information content (AvgIpc) is 2.61. The molecule has 1 aromatic rings.